The van der Waals surface area contributed by atoms with Gasteiger partial charge in [-0.25, -0.2) is 0 Å². The van der Waals surface area contributed by atoms with Gasteiger partial charge in [-0.05, 0) is 23.8 Å². The number of pyridine rings is 1. The molecule has 0 saturated heterocycles. The number of nitrogens with one attached hydrogen (secondary N) is 2. The van der Waals surface area contributed by atoms with E-state index in [9.17, 15) is 14.4 Å². The van der Waals surface area contributed by atoms with Gasteiger partial charge in [0, 0.05) is 22.4 Å². The number of aliphatic hydroxyl groups excluding tert-OH is 1. The predicted octanol–water partition coefficient (Wildman–Crippen LogP) is 3.01. The average molecular weight is 425 g/mol. The van der Waals surface area contributed by atoms with E-state index in [4.69, 9.17) is 5.11 Å². The second-order valence-corrected chi connectivity index (χ2v) is 7.48. The zero-order chi connectivity index (χ0) is 22.2. The minimum Gasteiger partial charge on any atom is -0.395 e. The number of hydrogen-bond acceptors (Lipinski definition) is 5. The number of imide groups is 1. The lowest BCUT2D eigenvalue weighted by molar-refractivity contribution is -0.137. The first-order valence-corrected chi connectivity index (χ1v) is 10.2. The molecule has 0 fully saturated rings. The maximum Gasteiger partial charge on any atom is 0.277 e. The smallest absolute Gasteiger partial charge is 0.277 e. The van der Waals surface area contributed by atoms with Crippen molar-refractivity contribution in [3.05, 3.63) is 88.7 Å². The number of benzene rings is 3. The van der Waals surface area contributed by atoms with Gasteiger partial charge in [0.05, 0.1) is 29.9 Å². The zero-order valence-electron chi connectivity index (χ0n) is 17.0. The van der Waals surface area contributed by atoms with Crippen LogP contribution in [0, 0.1) is 0 Å². The van der Waals surface area contributed by atoms with Gasteiger partial charge in [-0.1, -0.05) is 48.5 Å². The van der Waals surface area contributed by atoms with Crippen molar-refractivity contribution in [3.63, 3.8) is 0 Å². The molecule has 158 valence electrons. The summed E-state index contributed by atoms with van der Waals surface area (Å²) in [6.45, 7) is -0.384. The molecule has 32 heavy (non-hydrogen) atoms. The normalized spacial score (nSPS) is 13.8. The maximum absolute atomic E-state index is 13.3. The molecule has 2 amide bonds. The summed E-state index contributed by atoms with van der Waals surface area (Å²) < 4.78 is 0. The second kappa shape index (κ2) is 7.79. The van der Waals surface area contributed by atoms with Gasteiger partial charge < -0.3 is 15.4 Å². The highest BCUT2D eigenvalue weighted by molar-refractivity contribution is 6.18. The van der Waals surface area contributed by atoms with E-state index in [1.54, 1.807) is 24.3 Å². The lowest BCUT2D eigenvalue weighted by atomic mass is 10.0. The highest BCUT2D eigenvalue weighted by Crippen LogP contribution is 2.30. The van der Waals surface area contributed by atoms with Crippen molar-refractivity contribution in [2.24, 2.45) is 0 Å². The van der Waals surface area contributed by atoms with Crippen molar-refractivity contribution >= 4 is 39.3 Å². The van der Waals surface area contributed by atoms with E-state index >= 15 is 0 Å². The van der Waals surface area contributed by atoms with E-state index in [2.05, 4.69) is 10.3 Å². The Hall–Kier alpha value is -4.23. The Morgan fingerprint density at radius 2 is 1.56 bits per heavy atom. The Labute approximate surface area is 182 Å². The van der Waals surface area contributed by atoms with Gasteiger partial charge in [-0.3, -0.25) is 19.3 Å². The first-order chi connectivity index (χ1) is 15.6. The summed E-state index contributed by atoms with van der Waals surface area (Å²) >= 11 is 0. The summed E-state index contributed by atoms with van der Waals surface area (Å²) in [4.78, 5) is 42.3. The van der Waals surface area contributed by atoms with Gasteiger partial charge in [0.15, 0.2) is 5.43 Å². The van der Waals surface area contributed by atoms with Crippen LogP contribution in [0.4, 0.5) is 5.69 Å². The van der Waals surface area contributed by atoms with Crippen LogP contribution in [-0.2, 0) is 9.59 Å². The summed E-state index contributed by atoms with van der Waals surface area (Å²) in [7, 11) is 0. The third-order valence-electron chi connectivity index (χ3n) is 5.56. The molecule has 5 rings (SSSR count). The first kappa shape index (κ1) is 19.7. The van der Waals surface area contributed by atoms with Gasteiger partial charge in [-0.15, -0.1) is 0 Å². The molecule has 4 aromatic rings. The third kappa shape index (κ3) is 3.16. The van der Waals surface area contributed by atoms with Crippen LogP contribution in [0.25, 0.3) is 32.9 Å². The zero-order valence-corrected chi connectivity index (χ0v) is 17.0. The fourth-order valence-corrected chi connectivity index (χ4v) is 4.04. The van der Waals surface area contributed by atoms with Crippen LogP contribution in [0.5, 0.6) is 0 Å². The highest BCUT2D eigenvalue weighted by atomic mass is 16.3. The summed E-state index contributed by atoms with van der Waals surface area (Å²) in [6.07, 6.45) is 1.20. The van der Waals surface area contributed by atoms with Gasteiger partial charge in [-0.2, -0.15) is 0 Å². The molecule has 1 aromatic heterocycles. The average Bonchev–Trinajstić information content (AvgIpc) is 3.08. The Balaban J connectivity index is 1.67. The highest BCUT2D eigenvalue weighted by Gasteiger charge is 2.31. The number of H-pyrrole nitrogens is 1. The van der Waals surface area contributed by atoms with Crippen LogP contribution in [-0.4, -0.2) is 40.0 Å². The predicted molar refractivity (Wildman–Crippen MR) is 123 cm³/mol. The number of aliphatic hydroxyl groups is 1. The minimum atomic E-state index is -0.519. The topological polar surface area (TPSA) is 102 Å². The SMILES string of the molecule is O=C1C=C(Nc2cccc3c(=O)c4cccc(-c5ccccc5)c4[nH]c23)C(=O)N1CCO. The number of aromatic amines is 1. The molecule has 0 saturated carbocycles. The molecule has 7 heteroatoms. The number of β-amino-alcohol motifs (C(OH)–C–C–N with tert-alkyl or cyclic N) is 1. The molecule has 0 bridgehead atoms. The van der Waals surface area contributed by atoms with Gasteiger partial charge in [0.2, 0.25) is 0 Å². The van der Waals surface area contributed by atoms with E-state index in [1.165, 1.54) is 6.08 Å². The summed E-state index contributed by atoms with van der Waals surface area (Å²) in [5.74, 6) is -1.01. The van der Waals surface area contributed by atoms with Gasteiger partial charge in [0.1, 0.15) is 5.70 Å². The molecule has 0 unspecified atom stereocenters. The van der Waals surface area contributed by atoms with E-state index in [0.717, 1.165) is 16.0 Å². The number of carbonyl (C=O) groups is 2. The van der Waals surface area contributed by atoms with Crippen LogP contribution in [0.3, 0.4) is 0 Å². The van der Waals surface area contributed by atoms with E-state index in [-0.39, 0.29) is 24.3 Å². The lowest BCUT2D eigenvalue weighted by Gasteiger charge is -2.15. The molecule has 2 heterocycles. The second-order valence-electron chi connectivity index (χ2n) is 7.48. The number of anilines is 1. The Morgan fingerprint density at radius 1 is 0.844 bits per heavy atom. The maximum atomic E-state index is 13.3. The summed E-state index contributed by atoms with van der Waals surface area (Å²) in [6, 6.07) is 20.5. The van der Waals surface area contributed by atoms with Gasteiger partial charge >= 0.3 is 0 Å². The van der Waals surface area contributed by atoms with Gasteiger partial charge in [0.25, 0.3) is 11.8 Å². The molecule has 3 N–H and O–H groups in total. The number of fused-ring (bicyclic) bond motifs is 2. The standard InChI is InChI=1S/C25H19N3O4/c29-13-12-28-21(30)14-20(25(28)32)26-19-11-5-10-18-23(19)27-22-16(15-6-2-1-3-7-15)8-4-9-17(22)24(18)31/h1-11,14,26,29H,12-13H2,(H,27,31). The minimum absolute atomic E-state index is 0.0726. The molecule has 7 nitrogen and oxygen atoms in total. The number of amides is 2. The molecule has 3 aromatic carbocycles. The Bertz CT molecular complexity index is 1470. The largest absolute Gasteiger partial charge is 0.395 e. The van der Waals surface area contributed by atoms with Crippen LogP contribution in [0.15, 0.2) is 83.3 Å². The van der Waals surface area contributed by atoms with Crippen molar-refractivity contribution < 1.29 is 14.7 Å². The molecule has 0 spiro atoms. The fourth-order valence-electron chi connectivity index (χ4n) is 4.04. The van der Waals surface area contributed by atoms with Crippen molar-refractivity contribution in [3.8, 4) is 11.1 Å². The van der Waals surface area contributed by atoms with E-state index < -0.39 is 11.8 Å². The number of hydrogen-bond donors (Lipinski definition) is 3. The van der Waals surface area contributed by atoms with Crippen LogP contribution in [0.1, 0.15) is 0 Å². The van der Waals surface area contributed by atoms with Crippen LogP contribution < -0.4 is 10.7 Å². The quantitative estimate of drug-likeness (QED) is 0.337. The molecule has 1 aliphatic heterocycles. The molecular weight excluding hydrogens is 406 g/mol. The fraction of sp³-hybridized carbons (Fsp3) is 0.0800. The number of nitrogens with zero attached hydrogens (tertiary/aromatic N) is 1. The van der Waals surface area contributed by atoms with Crippen molar-refractivity contribution in [1.82, 2.24) is 9.88 Å². The summed E-state index contributed by atoms with van der Waals surface area (Å²) in [5, 5.41) is 13.1. The van der Waals surface area contributed by atoms with Crippen molar-refractivity contribution in [2.45, 2.75) is 0 Å². The van der Waals surface area contributed by atoms with E-state index in [1.807, 2.05) is 42.5 Å². The van der Waals surface area contributed by atoms with Crippen molar-refractivity contribution in [2.75, 3.05) is 18.5 Å². The molecule has 1 aliphatic rings. The third-order valence-corrected chi connectivity index (χ3v) is 5.56. The van der Waals surface area contributed by atoms with Crippen LogP contribution in [0.2, 0.25) is 0 Å². The lowest BCUT2D eigenvalue weighted by Crippen LogP contribution is -2.34. The Kier molecular flexibility index (Phi) is 4.80. The molecular formula is C25H19N3O4. The number of carbonyl (C=O) groups excluding carboxylic acids is 2. The van der Waals surface area contributed by atoms with E-state index in [0.29, 0.717) is 27.5 Å². The first-order valence-electron chi connectivity index (χ1n) is 10.2. The Morgan fingerprint density at radius 3 is 2.31 bits per heavy atom. The molecule has 0 atom stereocenters. The molecule has 0 radical (unpaired) electrons. The summed E-state index contributed by atoms with van der Waals surface area (Å²) in [5.41, 5.74) is 3.55. The number of rotatable bonds is 5. The van der Waals surface area contributed by atoms with Crippen LogP contribution >= 0.6 is 0 Å². The monoisotopic (exact) mass is 425 g/mol. The van der Waals surface area contributed by atoms with Crippen molar-refractivity contribution in [1.29, 1.82) is 0 Å². The number of aromatic nitrogens is 1. The molecule has 0 aliphatic carbocycles. The number of para-hydroxylation sites is 2.